The highest BCUT2D eigenvalue weighted by Crippen LogP contribution is 2.33. The molecular formula is C8H11N3O. The van der Waals surface area contributed by atoms with Gasteiger partial charge in [0.05, 0.1) is 6.20 Å². The lowest BCUT2D eigenvalue weighted by Crippen LogP contribution is -1.99. The van der Waals surface area contributed by atoms with Crippen LogP contribution >= 0.6 is 0 Å². The van der Waals surface area contributed by atoms with Gasteiger partial charge in [-0.25, -0.2) is 0 Å². The normalized spacial score (nSPS) is 16.3. The number of carbonyl (C=O) groups excluding carboxylic acids is 1. The SMILES string of the molecule is O=C(CCC1CC1)c1cn[nH]n1. The largest absolute Gasteiger partial charge is 0.292 e. The zero-order valence-corrected chi connectivity index (χ0v) is 6.79. The van der Waals surface area contributed by atoms with E-state index in [1.54, 1.807) is 0 Å². The Hall–Kier alpha value is -1.19. The first-order valence-electron chi connectivity index (χ1n) is 4.25. The van der Waals surface area contributed by atoms with Crippen LogP contribution in [0.3, 0.4) is 0 Å². The molecule has 0 spiro atoms. The van der Waals surface area contributed by atoms with E-state index in [0.717, 1.165) is 12.3 Å². The molecule has 1 saturated carbocycles. The summed E-state index contributed by atoms with van der Waals surface area (Å²) in [4.78, 5) is 11.3. The molecular weight excluding hydrogens is 154 g/mol. The molecule has 1 aromatic rings. The third-order valence-electron chi connectivity index (χ3n) is 2.18. The molecule has 4 nitrogen and oxygen atoms in total. The van der Waals surface area contributed by atoms with Crippen LogP contribution in [0.15, 0.2) is 6.20 Å². The minimum absolute atomic E-state index is 0.107. The molecule has 12 heavy (non-hydrogen) atoms. The van der Waals surface area contributed by atoms with Crippen LogP contribution < -0.4 is 0 Å². The zero-order chi connectivity index (χ0) is 8.39. The summed E-state index contributed by atoms with van der Waals surface area (Å²) in [5, 5.41) is 9.75. The lowest BCUT2D eigenvalue weighted by Gasteiger charge is -1.93. The van der Waals surface area contributed by atoms with Gasteiger partial charge in [-0.05, 0) is 12.3 Å². The summed E-state index contributed by atoms with van der Waals surface area (Å²) >= 11 is 0. The van der Waals surface area contributed by atoms with Crippen molar-refractivity contribution in [3.63, 3.8) is 0 Å². The highest BCUT2D eigenvalue weighted by atomic mass is 16.1. The van der Waals surface area contributed by atoms with Gasteiger partial charge in [0.1, 0.15) is 5.69 Å². The van der Waals surface area contributed by atoms with E-state index < -0.39 is 0 Å². The molecule has 1 N–H and O–H groups in total. The average Bonchev–Trinajstić information content (AvgIpc) is 2.74. The molecule has 64 valence electrons. The number of ketones is 1. The van der Waals surface area contributed by atoms with Crippen LogP contribution in [0.25, 0.3) is 0 Å². The molecule has 2 rings (SSSR count). The Morgan fingerprint density at radius 3 is 3.08 bits per heavy atom. The number of hydrogen-bond acceptors (Lipinski definition) is 3. The number of hydrogen-bond donors (Lipinski definition) is 1. The number of Topliss-reactive ketones (excluding diaryl/α,β-unsaturated/α-hetero) is 1. The van der Waals surface area contributed by atoms with Crippen molar-refractivity contribution in [1.29, 1.82) is 0 Å². The first kappa shape index (κ1) is 7.46. The Balaban J connectivity index is 1.83. The number of nitrogens with one attached hydrogen (secondary N) is 1. The van der Waals surface area contributed by atoms with E-state index >= 15 is 0 Å². The Morgan fingerprint density at radius 2 is 2.50 bits per heavy atom. The smallest absolute Gasteiger partial charge is 0.184 e. The molecule has 1 fully saturated rings. The van der Waals surface area contributed by atoms with Gasteiger partial charge in [-0.3, -0.25) is 4.79 Å². The first-order chi connectivity index (χ1) is 5.86. The van der Waals surface area contributed by atoms with Crippen molar-refractivity contribution in [2.75, 3.05) is 0 Å². The summed E-state index contributed by atoms with van der Waals surface area (Å²) in [5.74, 6) is 0.913. The van der Waals surface area contributed by atoms with E-state index in [-0.39, 0.29) is 5.78 Å². The molecule has 0 radical (unpaired) electrons. The topological polar surface area (TPSA) is 58.6 Å². The van der Waals surface area contributed by atoms with Crippen molar-refractivity contribution in [2.24, 2.45) is 5.92 Å². The standard InChI is InChI=1S/C8H11N3O/c12-8(4-3-6-1-2-6)7-5-9-11-10-7/h5-6H,1-4H2,(H,9,10,11). The van der Waals surface area contributed by atoms with Crippen molar-refractivity contribution in [3.8, 4) is 0 Å². The van der Waals surface area contributed by atoms with E-state index in [2.05, 4.69) is 15.4 Å². The first-order valence-corrected chi connectivity index (χ1v) is 4.25. The molecule has 1 aromatic heterocycles. The summed E-state index contributed by atoms with van der Waals surface area (Å²) in [6.45, 7) is 0. The molecule has 0 unspecified atom stereocenters. The minimum Gasteiger partial charge on any atom is -0.292 e. The van der Waals surface area contributed by atoms with E-state index in [4.69, 9.17) is 0 Å². The molecule has 1 aliphatic rings. The molecule has 0 aromatic carbocycles. The summed E-state index contributed by atoms with van der Waals surface area (Å²) in [7, 11) is 0. The lowest BCUT2D eigenvalue weighted by atomic mass is 10.1. The van der Waals surface area contributed by atoms with E-state index in [0.29, 0.717) is 12.1 Å². The molecule has 0 amide bonds. The number of rotatable bonds is 4. The van der Waals surface area contributed by atoms with E-state index in [1.165, 1.54) is 19.0 Å². The van der Waals surface area contributed by atoms with Crippen LogP contribution in [-0.2, 0) is 0 Å². The van der Waals surface area contributed by atoms with Crippen molar-refractivity contribution < 1.29 is 4.79 Å². The van der Waals surface area contributed by atoms with Crippen LogP contribution in [0, 0.1) is 5.92 Å². The molecule has 0 atom stereocenters. The van der Waals surface area contributed by atoms with Crippen molar-refractivity contribution in [2.45, 2.75) is 25.7 Å². The van der Waals surface area contributed by atoms with Crippen molar-refractivity contribution in [3.05, 3.63) is 11.9 Å². The average molecular weight is 165 g/mol. The van der Waals surface area contributed by atoms with Gasteiger partial charge in [-0.1, -0.05) is 12.8 Å². The second kappa shape index (κ2) is 3.05. The second-order valence-electron chi connectivity index (χ2n) is 3.26. The third-order valence-corrected chi connectivity index (χ3v) is 2.18. The van der Waals surface area contributed by atoms with Crippen LogP contribution in [0.1, 0.15) is 36.2 Å². The fourth-order valence-corrected chi connectivity index (χ4v) is 1.21. The molecule has 0 aliphatic heterocycles. The van der Waals surface area contributed by atoms with Gasteiger partial charge in [-0.2, -0.15) is 15.4 Å². The molecule has 1 heterocycles. The number of H-pyrrole nitrogens is 1. The Morgan fingerprint density at radius 1 is 1.67 bits per heavy atom. The quantitative estimate of drug-likeness (QED) is 0.681. The van der Waals surface area contributed by atoms with Crippen molar-refractivity contribution in [1.82, 2.24) is 15.4 Å². The third kappa shape index (κ3) is 1.69. The van der Waals surface area contributed by atoms with Crippen LogP contribution in [0.5, 0.6) is 0 Å². The van der Waals surface area contributed by atoms with Gasteiger partial charge in [0.15, 0.2) is 5.78 Å². The number of nitrogens with zero attached hydrogens (tertiary/aromatic N) is 2. The van der Waals surface area contributed by atoms with Gasteiger partial charge >= 0.3 is 0 Å². The Bertz CT molecular complexity index is 264. The monoisotopic (exact) mass is 165 g/mol. The molecule has 0 saturated heterocycles. The highest BCUT2D eigenvalue weighted by molar-refractivity contribution is 5.93. The summed E-state index contributed by atoms with van der Waals surface area (Å²) in [6, 6.07) is 0. The summed E-state index contributed by atoms with van der Waals surface area (Å²) in [5.41, 5.74) is 0.468. The number of carbonyl (C=O) groups is 1. The predicted molar refractivity (Wildman–Crippen MR) is 42.7 cm³/mol. The van der Waals surface area contributed by atoms with Crippen molar-refractivity contribution >= 4 is 5.78 Å². The van der Waals surface area contributed by atoms with Gasteiger partial charge < -0.3 is 0 Å². The second-order valence-corrected chi connectivity index (χ2v) is 3.26. The number of aromatic amines is 1. The van der Waals surface area contributed by atoms with Gasteiger partial charge in [0.25, 0.3) is 0 Å². The van der Waals surface area contributed by atoms with E-state index in [1.807, 2.05) is 0 Å². The minimum atomic E-state index is 0.107. The maximum absolute atomic E-state index is 11.3. The maximum Gasteiger partial charge on any atom is 0.184 e. The Kier molecular flexibility index (Phi) is 1.89. The van der Waals surface area contributed by atoms with Gasteiger partial charge in [0.2, 0.25) is 0 Å². The van der Waals surface area contributed by atoms with E-state index in [9.17, 15) is 4.79 Å². The fourth-order valence-electron chi connectivity index (χ4n) is 1.21. The predicted octanol–water partition coefficient (Wildman–Crippen LogP) is 1.18. The maximum atomic E-state index is 11.3. The molecule has 0 bridgehead atoms. The van der Waals surface area contributed by atoms with Gasteiger partial charge in [-0.15, -0.1) is 0 Å². The van der Waals surface area contributed by atoms with Crippen LogP contribution in [0.2, 0.25) is 0 Å². The highest BCUT2D eigenvalue weighted by Gasteiger charge is 2.22. The Labute approximate surface area is 70.4 Å². The summed E-state index contributed by atoms with van der Waals surface area (Å²) in [6.07, 6.45) is 5.72. The fraction of sp³-hybridized carbons (Fsp3) is 0.625. The van der Waals surface area contributed by atoms with Gasteiger partial charge in [0, 0.05) is 6.42 Å². The molecule has 4 heteroatoms. The van der Waals surface area contributed by atoms with Crippen LogP contribution in [0.4, 0.5) is 0 Å². The zero-order valence-electron chi connectivity index (χ0n) is 6.79. The lowest BCUT2D eigenvalue weighted by molar-refractivity contribution is 0.0973. The molecule has 1 aliphatic carbocycles. The number of aromatic nitrogens is 3. The van der Waals surface area contributed by atoms with Crippen LogP contribution in [-0.4, -0.2) is 21.2 Å². The summed E-state index contributed by atoms with van der Waals surface area (Å²) < 4.78 is 0.